The van der Waals surface area contributed by atoms with Crippen LogP contribution in [0.2, 0.25) is 0 Å². The molecule has 0 saturated heterocycles. The highest BCUT2D eigenvalue weighted by Crippen LogP contribution is 2.57. The Labute approximate surface area is 276 Å². The maximum Gasteiger partial charge on any atom is 0.0225 e. The first-order valence-electron chi connectivity index (χ1n) is 16.5. The minimum Gasteiger partial charge on any atom is -0.0733 e. The van der Waals surface area contributed by atoms with E-state index in [1.54, 1.807) is 0 Å². The second kappa shape index (κ2) is 11.0. The van der Waals surface area contributed by atoms with Crippen LogP contribution in [-0.4, -0.2) is 0 Å². The predicted octanol–water partition coefficient (Wildman–Crippen LogP) is 12.4. The minimum absolute atomic E-state index is 0.195. The van der Waals surface area contributed by atoms with Crippen molar-refractivity contribution in [1.29, 1.82) is 0 Å². The summed E-state index contributed by atoms with van der Waals surface area (Å²) in [6, 6.07) is 58.2. The normalized spacial score (nSPS) is 18.4. The highest BCUT2D eigenvalue weighted by molar-refractivity contribution is 5.92. The van der Waals surface area contributed by atoms with Gasteiger partial charge in [0.2, 0.25) is 0 Å². The van der Waals surface area contributed by atoms with Gasteiger partial charge in [-0.2, -0.15) is 0 Å². The topological polar surface area (TPSA) is 0 Å². The lowest BCUT2D eigenvalue weighted by Crippen LogP contribution is -2.32. The van der Waals surface area contributed by atoms with Gasteiger partial charge in [0.15, 0.2) is 0 Å². The summed E-state index contributed by atoms with van der Waals surface area (Å²) in [6.07, 6.45) is 9.20. The molecule has 0 heterocycles. The first-order valence-corrected chi connectivity index (χ1v) is 16.5. The van der Waals surface area contributed by atoms with E-state index in [1.807, 2.05) is 0 Å². The van der Waals surface area contributed by atoms with Crippen LogP contribution in [0.3, 0.4) is 0 Å². The maximum atomic E-state index is 2.42. The molecule has 9 rings (SSSR count). The molecule has 0 saturated carbocycles. The zero-order valence-corrected chi connectivity index (χ0v) is 26.4. The summed E-state index contributed by atoms with van der Waals surface area (Å²) in [4.78, 5) is 0. The van der Waals surface area contributed by atoms with Gasteiger partial charge in [-0.25, -0.2) is 0 Å². The molecule has 2 aliphatic rings. The molecule has 0 radical (unpaired) electrons. The Morgan fingerprint density at radius 3 is 1.60 bits per heavy atom. The molecular formula is C47H34. The minimum atomic E-state index is -0.195. The lowest BCUT2D eigenvalue weighted by molar-refractivity contribution is 0.448. The van der Waals surface area contributed by atoms with Crippen molar-refractivity contribution in [2.24, 2.45) is 5.41 Å². The first kappa shape index (κ1) is 27.6. The average molecular weight is 599 g/mol. The Bertz CT molecular complexity index is 2400. The van der Waals surface area contributed by atoms with Gasteiger partial charge < -0.3 is 0 Å². The fraction of sp³-hybridized carbons (Fsp3) is 0.0638. The molecule has 0 bridgehead atoms. The van der Waals surface area contributed by atoms with Gasteiger partial charge in [-0.15, -0.1) is 0 Å². The SMILES string of the molecule is CC12C=CC=CC1=C(c1ccc(-c3ccc4ccccc4c3)cc1)c1ccccc1C2c1ccc(-c2ccc3ccccc3c2)cc1. The zero-order valence-electron chi connectivity index (χ0n) is 26.4. The van der Waals surface area contributed by atoms with Gasteiger partial charge in [-0.1, -0.05) is 177 Å². The number of allylic oxidation sites excluding steroid dienone is 5. The van der Waals surface area contributed by atoms with Crippen molar-refractivity contribution in [3.63, 3.8) is 0 Å². The molecule has 0 nitrogen and oxygen atoms in total. The molecule has 0 fully saturated rings. The second-order valence-electron chi connectivity index (χ2n) is 13.1. The van der Waals surface area contributed by atoms with Gasteiger partial charge in [0, 0.05) is 11.3 Å². The molecular weight excluding hydrogens is 565 g/mol. The summed E-state index contributed by atoms with van der Waals surface area (Å²) >= 11 is 0. The Morgan fingerprint density at radius 2 is 0.957 bits per heavy atom. The average Bonchev–Trinajstić information content (AvgIpc) is 3.13. The third-order valence-electron chi connectivity index (χ3n) is 10.4. The summed E-state index contributed by atoms with van der Waals surface area (Å²) in [5.74, 6) is 0.196. The second-order valence-corrected chi connectivity index (χ2v) is 13.1. The van der Waals surface area contributed by atoms with E-state index in [1.165, 1.54) is 77.2 Å². The van der Waals surface area contributed by atoms with Gasteiger partial charge in [0.1, 0.15) is 0 Å². The molecule has 7 aromatic rings. The molecule has 0 aliphatic heterocycles. The molecule has 0 amide bonds. The van der Waals surface area contributed by atoms with Crippen LogP contribution in [0.4, 0.5) is 0 Å². The quantitative estimate of drug-likeness (QED) is 0.189. The summed E-state index contributed by atoms with van der Waals surface area (Å²) < 4.78 is 0. The molecule has 47 heavy (non-hydrogen) atoms. The standard InChI is InChI=1S/C47H34/c1-47-29-9-8-16-44(47)45(36-23-17-34(18-24-36)40-27-21-32-10-2-4-12-38(32)30-40)42-14-6-7-15-43(42)46(47)37-25-19-35(20-26-37)41-28-22-33-11-3-5-13-39(33)31-41/h2-31,46H,1H3. The van der Waals surface area contributed by atoms with E-state index < -0.39 is 0 Å². The molecule has 7 aromatic carbocycles. The van der Waals surface area contributed by atoms with Crippen molar-refractivity contribution in [3.8, 4) is 22.3 Å². The Kier molecular flexibility index (Phi) is 6.44. The van der Waals surface area contributed by atoms with E-state index in [0.717, 1.165) is 0 Å². The van der Waals surface area contributed by atoms with Crippen LogP contribution in [-0.2, 0) is 0 Å². The van der Waals surface area contributed by atoms with Crippen LogP contribution in [0.1, 0.15) is 35.1 Å². The summed E-state index contributed by atoms with van der Waals surface area (Å²) in [7, 11) is 0. The Balaban J connectivity index is 1.12. The lowest BCUT2D eigenvalue weighted by Gasteiger charge is -2.45. The highest BCUT2D eigenvalue weighted by Gasteiger charge is 2.44. The number of fused-ring (bicyclic) bond motifs is 4. The molecule has 0 heteroatoms. The van der Waals surface area contributed by atoms with Gasteiger partial charge >= 0.3 is 0 Å². The molecule has 2 aliphatic carbocycles. The van der Waals surface area contributed by atoms with Crippen LogP contribution in [0.5, 0.6) is 0 Å². The van der Waals surface area contributed by atoms with Gasteiger partial charge in [-0.3, -0.25) is 0 Å². The summed E-state index contributed by atoms with van der Waals surface area (Å²) in [5.41, 5.74) is 12.8. The van der Waals surface area contributed by atoms with E-state index in [9.17, 15) is 0 Å². The smallest absolute Gasteiger partial charge is 0.0225 e. The monoisotopic (exact) mass is 598 g/mol. The van der Waals surface area contributed by atoms with Gasteiger partial charge in [0.05, 0.1) is 0 Å². The van der Waals surface area contributed by atoms with E-state index >= 15 is 0 Å². The van der Waals surface area contributed by atoms with Crippen molar-refractivity contribution in [3.05, 3.63) is 210 Å². The van der Waals surface area contributed by atoms with Crippen molar-refractivity contribution < 1.29 is 0 Å². The molecule has 2 atom stereocenters. The number of hydrogen-bond acceptors (Lipinski definition) is 0. The van der Waals surface area contributed by atoms with E-state index in [-0.39, 0.29) is 11.3 Å². The predicted molar refractivity (Wildman–Crippen MR) is 199 cm³/mol. The third kappa shape index (κ3) is 4.60. The fourth-order valence-electron chi connectivity index (χ4n) is 8.00. The molecule has 0 aromatic heterocycles. The summed E-state index contributed by atoms with van der Waals surface area (Å²) in [5, 5.41) is 5.09. The van der Waals surface area contributed by atoms with Crippen molar-refractivity contribution in [1.82, 2.24) is 0 Å². The van der Waals surface area contributed by atoms with Gasteiger partial charge in [-0.05, 0) is 89.3 Å². The number of rotatable bonds is 4. The van der Waals surface area contributed by atoms with E-state index in [2.05, 4.69) is 189 Å². The zero-order chi connectivity index (χ0) is 31.4. The summed E-state index contributed by atoms with van der Waals surface area (Å²) in [6.45, 7) is 2.42. The van der Waals surface area contributed by atoms with Crippen molar-refractivity contribution in [2.75, 3.05) is 0 Å². The molecule has 2 unspecified atom stereocenters. The van der Waals surface area contributed by atoms with Crippen LogP contribution < -0.4 is 0 Å². The van der Waals surface area contributed by atoms with Crippen molar-refractivity contribution in [2.45, 2.75) is 12.8 Å². The van der Waals surface area contributed by atoms with Gasteiger partial charge in [0.25, 0.3) is 0 Å². The van der Waals surface area contributed by atoms with Crippen LogP contribution >= 0.6 is 0 Å². The molecule has 0 spiro atoms. The van der Waals surface area contributed by atoms with Crippen LogP contribution in [0.15, 0.2) is 188 Å². The number of benzene rings is 7. The fourth-order valence-corrected chi connectivity index (χ4v) is 8.00. The molecule has 0 N–H and O–H groups in total. The Morgan fingerprint density at radius 1 is 0.447 bits per heavy atom. The van der Waals surface area contributed by atoms with Crippen LogP contribution in [0.25, 0.3) is 49.4 Å². The number of hydrogen-bond donors (Lipinski definition) is 0. The van der Waals surface area contributed by atoms with E-state index in [0.29, 0.717) is 0 Å². The first-order chi connectivity index (χ1) is 23.2. The molecule has 222 valence electrons. The Hall–Kier alpha value is -5.72. The highest BCUT2D eigenvalue weighted by atomic mass is 14.5. The van der Waals surface area contributed by atoms with Crippen molar-refractivity contribution >= 4 is 27.1 Å². The largest absolute Gasteiger partial charge is 0.0733 e. The third-order valence-corrected chi connectivity index (χ3v) is 10.4. The van der Waals surface area contributed by atoms with Crippen LogP contribution in [0, 0.1) is 5.41 Å². The van der Waals surface area contributed by atoms with E-state index in [4.69, 9.17) is 0 Å². The maximum absolute atomic E-state index is 2.42. The lowest BCUT2D eigenvalue weighted by atomic mass is 9.58.